The van der Waals surface area contributed by atoms with Crippen LogP contribution in [0.4, 0.5) is 0 Å². The summed E-state index contributed by atoms with van der Waals surface area (Å²) in [5.41, 5.74) is 1.16. The van der Waals surface area contributed by atoms with E-state index in [1.54, 1.807) is 6.92 Å². The molecule has 14 heavy (non-hydrogen) atoms. The fourth-order valence-corrected chi connectivity index (χ4v) is 1.24. The zero-order chi connectivity index (χ0) is 10.7. The highest BCUT2D eigenvalue weighted by Gasteiger charge is 2.18. The normalized spacial score (nSPS) is 9.93. The minimum absolute atomic E-state index is 0.0321. The summed E-state index contributed by atoms with van der Waals surface area (Å²) in [6.07, 6.45) is 0.678. The van der Waals surface area contributed by atoms with Crippen LogP contribution in [0.1, 0.15) is 28.7 Å². The number of pyridine rings is 1. The van der Waals surface area contributed by atoms with Crippen molar-refractivity contribution in [2.24, 2.45) is 0 Å². The largest absolute Gasteiger partial charge is 0.465 e. The zero-order valence-electron chi connectivity index (χ0n) is 8.46. The molecule has 0 bridgehead atoms. The Morgan fingerprint density at radius 2 is 2.21 bits per heavy atom. The number of aromatic nitrogens is 1. The number of carbonyl (C=O) groups is 1. The fourth-order valence-electron chi connectivity index (χ4n) is 1.24. The van der Waals surface area contributed by atoms with Crippen molar-refractivity contribution in [3.05, 3.63) is 23.0 Å². The minimum atomic E-state index is -0.623. The van der Waals surface area contributed by atoms with Gasteiger partial charge in [0.1, 0.15) is 5.56 Å². The molecule has 0 aliphatic rings. The SMILES string of the molecule is CCc1cc([O])c(C(=O)OC)c(C)n1. The molecule has 4 heteroatoms. The van der Waals surface area contributed by atoms with E-state index in [4.69, 9.17) is 0 Å². The number of nitrogens with zero attached hydrogens (tertiary/aromatic N) is 1. The maximum Gasteiger partial charge on any atom is 0.343 e. The van der Waals surface area contributed by atoms with Gasteiger partial charge in [-0.1, -0.05) is 6.92 Å². The Balaban J connectivity index is 3.25. The zero-order valence-corrected chi connectivity index (χ0v) is 8.46. The predicted molar refractivity (Wildman–Crippen MR) is 49.8 cm³/mol. The van der Waals surface area contributed by atoms with Crippen molar-refractivity contribution in [1.29, 1.82) is 0 Å². The van der Waals surface area contributed by atoms with Gasteiger partial charge in [0.05, 0.1) is 12.8 Å². The number of ether oxygens (including phenoxy) is 1. The minimum Gasteiger partial charge on any atom is -0.465 e. The van der Waals surface area contributed by atoms with E-state index in [1.807, 2.05) is 6.92 Å². The van der Waals surface area contributed by atoms with Gasteiger partial charge in [-0.25, -0.2) is 4.79 Å². The van der Waals surface area contributed by atoms with Crippen LogP contribution in [0.2, 0.25) is 0 Å². The molecular weight excluding hydrogens is 182 g/mol. The smallest absolute Gasteiger partial charge is 0.343 e. The van der Waals surface area contributed by atoms with Crippen LogP contribution in [-0.4, -0.2) is 18.1 Å². The lowest BCUT2D eigenvalue weighted by Crippen LogP contribution is -2.06. The molecule has 0 atom stereocenters. The third-order valence-corrected chi connectivity index (χ3v) is 1.97. The summed E-state index contributed by atoms with van der Waals surface area (Å²) < 4.78 is 4.49. The second-order valence-corrected chi connectivity index (χ2v) is 2.92. The summed E-state index contributed by atoms with van der Waals surface area (Å²) in [6.45, 7) is 3.53. The molecule has 4 nitrogen and oxygen atoms in total. The Bertz CT molecular complexity index is 337. The second kappa shape index (κ2) is 4.09. The van der Waals surface area contributed by atoms with Crippen LogP contribution in [-0.2, 0) is 16.3 Å². The maximum absolute atomic E-state index is 11.5. The van der Waals surface area contributed by atoms with E-state index in [0.717, 1.165) is 0 Å². The van der Waals surface area contributed by atoms with Crippen LogP contribution < -0.4 is 0 Å². The molecule has 1 radical (unpaired) electrons. The molecule has 0 N–H and O–H groups in total. The number of hydrogen-bond acceptors (Lipinski definition) is 3. The molecule has 0 spiro atoms. The first-order valence-electron chi connectivity index (χ1n) is 4.36. The first-order chi connectivity index (χ1) is 6.60. The van der Waals surface area contributed by atoms with E-state index in [-0.39, 0.29) is 11.3 Å². The Labute approximate surface area is 82.5 Å². The van der Waals surface area contributed by atoms with Crippen LogP contribution in [0.5, 0.6) is 5.75 Å². The molecule has 0 unspecified atom stereocenters. The van der Waals surface area contributed by atoms with Crippen LogP contribution in [0.25, 0.3) is 0 Å². The molecule has 0 amide bonds. The quantitative estimate of drug-likeness (QED) is 0.675. The summed E-state index contributed by atoms with van der Waals surface area (Å²) >= 11 is 0. The molecule has 1 aromatic rings. The Kier molecular flexibility index (Phi) is 3.06. The van der Waals surface area contributed by atoms with Crippen LogP contribution >= 0.6 is 0 Å². The maximum atomic E-state index is 11.5. The van der Waals surface area contributed by atoms with Crippen molar-refractivity contribution in [3.63, 3.8) is 0 Å². The average molecular weight is 194 g/mol. The van der Waals surface area contributed by atoms with Crippen molar-refractivity contribution in [1.82, 2.24) is 4.98 Å². The van der Waals surface area contributed by atoms with Crippen LogP contribution in [0.15, 0.2) is 6.07 Å². The van der Waals surface area contributed by atoms with Gasteiger partial charge in [0.25, 0.3) is 0 Å². The van der Waals surface area contributed by atoms with E-state index in [9.17, 15) is 9.90 Å². The van der Waals surface area contributed by atoms with Gasteiger partial charge in [-0.15, -0.1) is 0 Å². The third-order valence-electron chi connectivity index (χ3n) is 1.97. The van der Waals surface area contributed by atoms with Crippen molar-refractivity contribution >= 4 is 5.97 Å². The summed E-state index contributed by atoms with van der Waals surface area (Å²) in [5.74, 6) is -0.941. The monoisotopic (exact) mass is 194 g/mol. The second-order valence-electron chi connectivity index (χ2n) is 2.92. The van der Waals surface area contributed by atoms with E-state index in [2.05, 4.69) is 9.72 Å². The lowest BCUT2D eigenvalue weighted by molar-refractivity contribution is 0.0594. The van der Waals surface area contributed by atoms with Gasteiger partial charge in [0.2, 0.25) is 0 Å². The van der Waals surface area contributed by atoms with Gasteiger partial charge in [-0.2, -0.15) is 0 Å². The predicted octanol–water partition coefficient (Wildman–Crippen LogP) is 1.88. The highest BCUT2D eigenvalue weighted by Crippen LogP contribution is 2.22. The van der Waals surface area contributed by atoms with Gasteiger partial charge in [0.15, 0.2) is 5.75 Å². The lowest BCUT2D eigenvalue weighted by atomic mass is 10.1. The number of aryl methyl sites for hydroxylation is 2. The number of methoxy groups -OCH3 is 1. The van der Waals surface area contributed by atoms with E-state index in [0.29, 0.717) is 17.8 Å². The Morgan fingerprint density at radius 3 is 2.64 bits per heavy atom. The molecule has 0 saturated heterocycles. The molecule has 1 aromatic heterocycles. The van der Waals surface area contributed by atoms with Gasteiger partial charge >= 0.3 is 5.97 Å². The highest BCUT2D eigenvalue weighted by atomic mass is 16.5. The molecular formula is C10H12NO3. The summed E-state index contributed by atoms with van der Waals surface area (Å²) in [5, 5.41) is 11.5. The number of carbonyl (C=O) groups excluding carboxylic acids is 1. The Hall–Kier alpha value is -1.58. The molecule has 1 rings (SSSR count). The number of rotatable bonds is 2. The van der Waals surface area contributed by atoms with Crippen molar-refractivity contribution in [2.45, 2.75) is 20.3 Å². The van der Waals surface area contributed by atoms with E-state index < -0.39 is 5.97 Å². The first kappa shape index (κ1) is 10.5. The summed E-state index contributed by atoms with van der Waals surface area (Å²) in [7, 11) is 1.24. The standard InChI is InChI=1S/C10H12NO3/c1-4-7-5-8(12)9(6(2)11-7)10(13)14-3/h5H,4H2,1-3H3. The van der Waals surface area contributed by atoms with Gasteiger partial charge in [-0.05, 0) is 13.3 Å². The molecule has 0 saturated carbocycles. The van der Waals surface area contributed by atoms with Crippen molar-refractivity contribution < 1.29 is 14.6 Å². The topological polar surface area (TPSA) is 59.1 Å². The summed E-state index contributed by atoms with van der Waals surface area (Å²) in [6, 6.07) is 1.37. The molecule has 1 heterocycles. The first-order valence-corrected chi connectivity index (χ1v) is 4.36. The van der Waals surface area contributed by atoms with E-state index >= 15 is 0 Å². The lowest BCUT2D eigenvalue weighted by Gasteiger charge is -2.05. The molecule has 0 fully saturated rings. The molecule has 0 aromatic carbocycles. The molecule has 75 valence electrons. The van der Waals surface area contributed by atoms with Gasteiger partial charge in [-0.3, -0.25) is 10.1 Å². The molecule has 0 aliphatic carbocycles. The summed E-state index contributed by atoms with van der Waals surface area (Å²) in [4.78, 5) is 15.3. The van der Waals surface area contributed by atoms with Gasteiger partial charge in [0, 0.05) is 11.8 Å². The van der Waals surface area contributed by atoms with Crippen LogP contribution in [0.3, 0.4) is 0 Å². The van der Waals surface area contributed by atoms with Crippen molar-refractivity contribution in [3.8, 4) is 5.75 Å². The van der Waals surface area contributed by atoms with Crippen LogP contribution in [0, 0.1) is 6.92 Å². The fraction of sp³-hybridized carbons (Fsp3) is 0.400. The molecule has 0 aliphatic heterocycles. The Morgan fingerprint density at radius 1 is 1.57 bits per heavy atom. The third kappa shape index (κ3) is 1.84. The average Bonchev–Trinajstić information content (AvgIpc) is 2.16. The number of hydrogen-bond donors (Lipinski definition) is 0. The van der Waals surface area contributed by atoms with Crippen molar-refractivity contribution in [2.75, 3.05) is 7.11 Å². The number of esters is 1. The highest BCUT2D eigenvalue weighted by molar-refractivity contribution is 5.93. The van der Waals surface area contributed by atoms with E-state index in [1.165, 1.54) is 13.2 Å². The van der Waals surface area contributed by atoms with Gasteiger partial charge < -0.3 is 4.74 Å².